The van der Waals surface area contributed by atoms with Gasteiger partial charge >= 0.3 is 12.1 Å². The van der Waals surface area contributed by atoms with Gasteiger partial charge in [0.25, 0.3) is 0 Å². The molecule has 0 radical (unpaired) electrons. The van der Waals surface area contributed by atoms with Gasteiger partial charge < -0.3 is 25.0 Å². The van der Waals surface area contributed by atoms with Gasteiger partial charge in [-0.25, -0.2) is 9.59 Å². The first kappa shape index (κ1) is 17.6. The van der Waals surface area contributed by atoms with Crippen molar-refractivity contribution in [3.63, 3.8) is 0 Å². The van der Waals surface area contributed by atoms with Gasteiger partial charge in [-0.15, -0.1) is 0 Å². The number of methoxy groups -OCH3 is 1. The first-order valence-electron chi connectivity index (χ1n) is 6.70. The fourth-order valence-corrected chi connectivity index (χ4v) is 1.72. The zero-order valence-corrected chi connectivity index (χ0v) is 13.0. The van der Waals surface area contributed by atoms with Crippen LogP contribution in [0.25, 0.3) is 0 Å². The summed E-state index contributed by atoms with van der Waals surface area (Å²) in [5.74, 6) is -1.21. The molecule has 0 aromatic heterocycles. The molecular weight excluding hydrogens is 290 g/mol. The topological polar surface area (TPSA) is 105 Å². The summed E-state index contributed by atoms with van der Waals surface area (Å²) in [5, 5.41) is 21.2. The molecule has 1 amide bonds. The summed E-state index contributed by atoms with van der Waals surface area (Å²) >= 11 is 0. The molecule has 0 aliphatic heterocycles. The Kier molecular flexibility index (Phi) is 5.62. The van der Waals surface area contributed by atoms with Crippen LogP contribution in [0.15, 0.2) is 18.2 Å². The number of nitrogens with one attached hydrogen (secondary N) is 1. The van der Waals surface area contributed by atoms with Crippen molar-refractivity contribution in [1.82, 2.24) is 5.32 Å². The van der Waals surface area contributed by atoms with Crippen LogP contribution in [0.1, 0.15) is 26.3 Å². The average molecular weight is 311 g/mol. The normalized spacial score (nSPS) is 12.4. The van der Waals surface area contributed by atoms with E-state index in [0.717, 1.165) is 0 Å². The molecule has 7 nitrogen and oxygen atoms in total. The number of carbonyl (C=O) groups excluding carboxylic acids is 2. The smallest absolute Gasteiger partial charge is 0.408 e. The molecule has 0 aliphatic rings. The van der Waals surface area contributed by atoms with Crippen molar-refractivity contribution in [2.45, 2.75) is 38.8 Å². The Bertz CT molecular complexity index is 549. The lowest BCUT2D eigenvalue weighted by atomic mass is 10.1. The highest BCUT2D eigenvalue weighted by Gasteiger charge is 2.25. The van der Waals surface area contributed by atoms with Gasteiger partial charge in [0.15, 0.2) is 11.5 Å². The molecule has 7 heteroatoms. The second kappa shape index (κ2) is 7.02. The molecule has 1 aromatic carbocycles. The Balaban J connectivity index is 2.82. The number of esters is 1. The third-order valence-electron chi connectivity index (χ3n) is 2.66. The number of ether oxygens (including phenoxy) is 2. The van der Waals surface area contributed by atoms with Crippen LogP contribution >= 0.6 is 0 Å². The summed E-state index contributed by atoms with van der Waals surface area (Å²) in [6.07, 6.45) is -0.661. The first-order valence-corrected chi connectivity index (χ1v) is 6.70. The Morgan fingerprint density at radius 3 is 2.36 bits per heavy atom. The Labute approximate surface area is 128 Å². The maximum absolute atomic E-state index is 11.8. The number of hydrogen-bond donors (Lipinski definition) is 3. The number of alkyl carbamates (subject to hydrolysis) is 1. The van der Waals surface area contributed by atoms with E-state index in [-0.39, 0.29) is 17.9 Å². The molecule has 1 rings (SSSR count). The van der Waals surface area contributed by atoms with Gasteiger partial charge in [-0.1, -0.05) is 6.07 Å². The minimum atomic E-state index is -0.969. The first-order chi connectivity index (χ1) is 10.1. The van der Waals surface area contributed by atoms with Crippen LogP contribution in [-0.2, 0) is 20.7 Å². The fraction of sp³-hybridized carbons (Fsp3) is 0.467. The van der Waals surface area contributed by atoms with Crippen molar-refractivity contribution in [1.29, 1.82) is 0 Å². The van der Waals surface area contributed by atoms with E-state index in [1.54, 1.807) is 20.8 Å². The van der Waals surface area contributed by atoms with E-state index in [4.69, 9.17) is 4.74 Å². The highest BCUT2D eigenvalue weighted by molar-refractivity contribution is 5.81. The van der Waals surface area contributed by atoms with Gasteiger partial charge in [-0.3, -0.25) is 0 Å². The molecular formula is C15H21NO6. The van der Waals surface area contributed by atoms with E-state index in [1.807, 2.05) is 0 Å². The molecule has 0 saturated heterocycles. The molecule has 0 fully saturated rings. The number of carbonyl (C=O) groups is 2. The SMILES string of the molecule is COC(=O)[C@@H](Cc1ccc(O)c(O)c1)NC(=O)OC(C)(C)C. The Hall–Kier alpha value is -2.44. The number of hydrogen-bond acceptors (Lipinski definition) is 6. The predicted molar refractivity (Wildman–Crippen MR) is 78.6 cm³/mol. The summed E-state index contributed by atoms with van der Waals surface area (Å²) in [6, 6.07) is 3.17. The van der Waals surface area contributed by atoms with E-state index in [2.05, 4.69) is 10.1 Å². The van der Waals surface area contributed by atoms with Crippen molar-refractivity contribution >= 4 is 12.1 Å². The molecule has 0 spiro atoms. The third kappa shape index (κ3) is 5.51. The summed E-state index contributed by atoms with van der Waals surface area (Å²) in [5.41, 5.74) is -0.150. The minimum absolute atomic E-state index is 0.0831. The van der Waals surface area contributed by atoms with Crippen LogP contribution < -0.4 is 5.32 Å². The average Bonchev–Trinajstić information content (AvgIpc) is 2.39. The monoisotopic (exact) mass is 311 g/mol. The van der Waals surface area contributed by atoms with Crippen LogP contribution in [-0.4, -0.2) is 41.0 Å². The number of phenolic OH excluding ortho intramolecular Hbond substituents is 2. The van der Waals surface area contributed by atoms with Gasteiger partial charge in [0.05, 0.1) is 7.11 Å². The van der Waals surface area contributed by atoms with E-state index < -0.39 is 23.7 Å². The quantitative estimate of drug-likeness (QED) is 0.577. The highest BCUT2D eigenvalue weighted by atomic mass is 16.6. The maximum atomic E-state index is 11.8. The van der Waals surface area contributed by atoms with E-state index in [0.29, 0.717) is 5.56 Å². The highest BCUT2D eigenvalue weighted by Crippen LogP contribution is 2.25. The van der Waals surface area contributed by atoms with E-state index in [9.17, 15) is 19.8 Å². The molecule has 122 valence electrons. The fourth-order valence-electron chi connectivity index (χ4n) is 1.72. The molecule has 0 bridgehead atoms. The standard InChI is InChI=1S/C15H21NO6/c1-15(2,3)22-14(20)16-10(13(19)21-4)7-9-5-6-11(17)12(18)8-9/h5-6,8,10,17-18H,7H2,1-4H3,(H,16,20)/t10-/m1/s1. The van der Waals surface area contributed by atoms with Crippen molar-refractivity contribution in [3.05, 3.63) is 23.8 Å². The van der Waals surface area contributed by atoms with Crippen LogP contribution in [0.2, 0.25) is 0 Å². The van der Waals surface area contributed by atoms with E-state index >= 15 is 0 Å². The zero-order chi connectivity index (χ0) is 16.9. The van der Waals surface area contributed by atoms with Crippen LogP contribution in [0, 0.1) is 0 Å². The molecule has 0 heterocycles. The van der Waals surface area contributed by atoms with Crippen molar-refractivity contribution in [3.8, 4) is 11.5 Å². The zero-order valence-electron chi connectivity index (χ0n) is 13.0. The third-order valence-corrected chi connectivity index (χ3v) is 2.66. The lowest BCUT2D eigenvalue weighted by Crippen LogP contribution is -2.45. The second-order valence-electron chi connectivity index (χ2n) is 5.75. The molecule has 0 unspecified atom stereocenters. The van der Waals surface area contributed by atoms with Crippen LogP contribution in [0.3, 0.4) is 0 Å². The predicted octanol–water partition coefficient (Wildman–Crippen LogP) is 1.71. The van der Waals surface area contributed by atoms with Crippen molar-refractivity contribution < 1.29 is 29.3 Å². The number of aromatic hydroxyl groups is 2. The lowest BCUT2D eigenvalue weighted by Gasteiger charge is -2.22. The van der Waals surface area contributed by atoms with Gasteiger partial charge in [0.2, 0.25) is 0 Å². The number of phenols is 2. The molecule has 3 N–H and O–H groups in total. The summed E-state index contributed by atoms with van der Waals surface area (Å²) in [4.78, 5) is 23.5. The lowest BCUT2D eigenvalue weighted by molar-refractivity contribution is -0.143. The van der Waals surface area contributed by atoms with Crippen LogP contribution in [0.4, 0.5) is 4.79 Å². The van der Waals surface area contributed by atoms with Crippen molar-refractivity contribution in [2.75, 3.05) is 7.11 Å². The summed E-state index contributed by atoms with van der Waals surface area (Å²) in [7, 11) is 1.21. The Morgan fingerprint density at radius 1 is 1.23 bits per heavy atom. The molecule has 1 aromatic rings. The largest absolute Gasteiger partial charge is 0.504 e. The van der Waals surface area contributed by atoms with E-state index in [1.165, 1.54) is 25.3 Å². The summed E-state index contributed by atoms with van der Waals surface area (Å²) < 4.78 is 9.74. The molecule has 0 aliphatic carbocycles. The Morgan fingerprint density at radius 2 is 1.86 bits per heavy atom. The van der Waals surface area contributed by atoms with Crippen LogP contribution in [0.5, 0.6) is 11.5 Å². The van der Waals surface area contributed by atoms with Gasteiger partial charge in [0, 0.05) is 6.42 Å². The van der Waals surface area contributed by atoms with Gasteiger partial charge in [-0.2, -0.15) is 0 Å². The number of amides is 1. The minimum Gasteiger partial charge on any atom is -0.504 e. The molecule has 22 heavy (non-hydrogen) atoms. The summed E-state index contributed by atoms with van der Waals surface area (Å²) in [6.45, 7) is 5.12. The van der Waals surface area contributed by atoms with Crippen molar-refractivity contribution in [2.24, 2.45) is 0 Å². The molecule has 1 atom stereocenters. The number of benzene rings is 1. The number of rotatable bonds is 4. The second-order valence-corrected chi connectivity index (χ2v) is 5.75. The molecule has 0 saturated carbocycles. The van der Waals surface area contributed by atoms with Gasteiger partial charge in [0.1, 0.15) is 11.6 Å². The maximum Gasteiger partial charge on any atom is 0.408 e. The van der Waals surface area contributed by atoms with Gasteiger partial charge in [-0.05, 0) is 38.5 Å².